The third-order valence-electron chi connectivity index (χ3n) is 13.6. The van der Waals surface area contributed by atoms with E-state index in [1.54, 1.807) is 0 Å². The normalized spacial score (nSPS) is 14.2. The number of hydrogen-bond donors (Lipinski definition) is 2. The second-order valence-corrected chi connectivity index (χ2v) is 23.7. The Morgan fingerprint density at radius 3 is 1.26 bits per heavy atom. The van der Waals surface area contributed by atoms with Crippen molar-refractivity contribution in [3.8, 4) is 0 Å². The highest BCUT2D eigenvalue weighted by Gasteiger charge is 2.30. The molecule has 9 nitrogen and oxygen atoms in total. The third kappa shape index (κ3) is 55.9. The summed E-state index contributed by atoms with van der Waals surface area (Å²) >= 11 is 0. The Morgan fingerprint density at radius 1 is 0.474 bits per heavy atom. The zero-order valence-corrected chi connectivity index (χ0v) is 51.1. The fourth-order valence-electron chi connectivity index (χ4n) is 8.77. The lowest BCUT2D eigenvalue weighted by atomic mass is 10.0. The van der Waals surface area contributed by atoms with Crippen LogP contribution in [0.25, 0.3) is 0 Å². The quantitative estimate of drug-likeness (QED) is 0.0205. The molecule has 3 atom stereocenters. The van der Waals surface area contributed by atoms with Crippen molar-refractivity contribution < 1.29 is 37.3 Å². The van der Waals surface area contributed by atoms with Crippen LogP contribution in [0.5, 0.6) is 0 Å². The van der Waals surface area contributed by atoms with Crippen molar-refractivity contribution in [3.05, 3.63) is 85.1 Å². The number of amides is 1. The Hall–Kier alpha value is -2.81. The lowest BCUT2D eigenvalue weighted by Gasteiger charge is -2.27. The largest absolute Gasteiger partial charge is 0.472 e. The molecule has 3 unspecified atom stereocenters. The molecule has 76 heavy (non-hydrogen) atoms. The minimum Gasteiger partial charge on any atom is -0.456 e. The second kappa shape index (κ2) is 55.5. The SMILES string of the molecule is CC/C=C\C/C=C\C/C=C\C/C=C\C/C=C\C/C=C\CCCCCCCCC(=O)OC(/C=C\CCCCCCCCCCCC)C(COP(=O)(O)OCC[N+](C)(C)C)NC(=O)CCCCCCCCCCCCCCC. The van der Waals surface area contributed by atoms with E-state index in [1.807, 2.05) is 33.3 Å². The number of phosphoric ester groups is 1. The number of nitrogens with one attached hydrogen (secondary N) is 1. The summed E-state index contributed by atoms with van der Waals surface area (Å²) in [6, 6.07) is -0.856. The number of quaternary nitrogens is 1. The van der Waals surface area contributed by atoms with Crippen molar-refractivity contribution in [2.45, 2.75) is 283 Å². The van der Waals surface area contributed by atoms with E-state index in [9.17, 15) is 19.0 Å². The average Bonchev–Trinajstić information content (AvgIpc) is 3.38. The number of unbranched alkanes of at least 4 members (excludes halogenated alkanes) is 28. The summed E-state index contributed by atoms with van der Waals surface area (Å²) in [6.07, 6.45) is 72.9. The number of carbonyl (C=O) groups is 2. The van der Waals surface area contributed by atoms with Gasteiger partial charge in [-0.05, 0) is 83.1 Å². The molecule has 0 aromatic heterocycles. The van der Waals surface area contributed by atoms with Gasteiger partial charge >= 0.3 is 13.8 Å². The maximum absolute atomic E-state index is 13.5. The summed E-state index contributed by atoms with van der Waals surface area (Å²) in [4.78, 5) is 37.7. The maximum Gasteiger partial charge on any atom is 0.472 e. The Bertz CT molecular complexity index is 1580. The molecule has 0 fully saturated rings. The topological polar surface area (TPSA) is 111 Å². The predicted molar refractivity (Wildman–Crippen MR) is 328 cm³/mol. The number of carbonyl (C=O) groups excluding carboxylic acids is 2. The smallest absolute Gasteiger partial charge is 0.456 e. The van der Waals surface area contributed by atoms with Crippen LogP contribution in [0.4, 0.5) is 0 Å². The van der Waals surface area contributed by atoms with Crippen molar-refractivity contribution in [1.29, 1.82) is 0 Å². The Balaban J connectivity index is 5.19. The van der Waals surface area contributed by atoms with Gasteiger partial charge in [0.15, 0.2) is 0 Å². The van der Waals surface area contributed by atoms with Gasteiger partial charge in [-0.25, -0.2) is 4.57 Å². The number of nitrogens with zero attached hydrogens (tertiary/aromatic N) is 1. The van der Waals surface area contributed by atoms with Gasteiger partial charge in [0.1, 0.15) is 19.3 Å². The number of likely N-dealkylation sites (N-methyl/N-ethyl adjacent to an activating group) is 1. The van der Waals surface area contributed by atoms with Crippen LogP contribution in [0.3, 0.4) is 0 Å². The summed E-state index contributed by atoms with van der Waals surface area (Å²) in [5, 5.41) is 3.05. The van der Waals surface area contributed by atoms with Crippen LogP contribution in [0.1, 0.15) is 271 Å². The molecule has 0 bridgehead atoms. The standard InChI is InChI=1S/C66H119N2O7P/c1-7-10-13-16-19-22-25-28-29-30-31-32-33-34-35-36-37-38-39-41-44-47-50-53-56-59-66(70)75-64(57-54-51-48-45-42-27-24-21-18-15-12-9-3)63(62-74-76(71,72)73-61-60-68(4,5)6)67-65(69)58-55-52-49-46-43-40-26-23-20-17-14-11-8-2/h10,13,19,22,28-29,31-32,34-35,37-38,54,57,63-64H,7-9,11-12,14-18,20-21,23-27,30,33,36,39-53,55-56,58-62H2,1-6H3,(H-,67,69,71,72)/p+1/b13-10-,22-19-,29-28-,32-31-,35-34-,38-37-,57-54-. The van der Waals surface area contributed by atoms with Gasteiger partial charge in [-0.1, -0.05) is 260 Å². The van der Waals surface area contributed by atoms with Crippen LogP contribution in [0.15, 0.2) is 85.1 Å². The molecule has 1 amide bonds. The van der Waals surface area contributed by atoms with Crippen LogP contribution in [0, 0.1) is 0 Å². The number of phosphoric acid groups is 1. The molecule has 0 saturated carbocycles. The van der Waals surface area contributed by atoms with Crippen molar-refractivity contribution >= 4 is 19.7 Å². The molecule has 440 valence electrons. The summed E-state index contributed by atoms with van der Waals surface area (Å²) < 4.78 is 30.7. The van der Waals surface area contributed by atoms with Gasteiger partial charge in [0.05, 0.1) is 33.8 Å². The first kappa shape index (κ1) is 73.2. The van der Waals surface area contributed by atoms with E-state index < -0.39 is 20.0 Å². The highest BCUT2D eigenvalue weighted by molar-refractivity contribution is 7.47. The molecule has 0 spiro atoms. The molecular weight excluding hydrogens is 964 g/mol. The van der Waals surface area contributed by atoms with E-state index in [0.717, 1.165) is 122 Å². The van der Waals surface area contributed by atoms with E-state index in [4.69, 9.17) is 13.8 Å². The first-order chi connectivity index (χ1) is 36.9. The molecule has 0 rings (SSSR count). The highest BCUT2D eigenvalue weighted by atomic mass is 31.2. The first-order valence-corrected chi connectivity index (χ1v) is 32.9. The van der Waals surface area contributed by atoms with Crippen LogP contribution in [-0.2, 0) is 27.9 Å². The second-order valence-electron chi connectivity index (χ2n) is 22.2. The van der Waals surface area contributed by atoms with E-state index in [1.165, 1.54) is 116 Å². The Morgan fingerprint density at radius 2 is 0.842 bits per heavy atom. The van der Waals surface area contributed by atoms with Gasteiger partial charge in [-0.15, -0.1) is 0 Å². The van der Waals surface area contributed by atoms with Gasteiger partial charge in [-0.3, -0.25) is 18.6 Å². The fraction of sp³-hybridized carbons (Fsp3) is 0.758. The zero-order chi connectivity index (χ0) is 55.7. The molecule has 10 heteroatoms. The van der Waals surface area contributed by atoms with Gasteiger partial charge in [-0.2, -0.15) is 0 Å². The molecule has 0 aromatic carbocycles. The van der Waals surface area contributed by atoms with Crippen molar-refractivity contribution in [2.75, 3.05) is 40.9 Å². The van der Waals surface area contributed by atoms with Crippen molar-refractivity contribution in [1.82, 2.24) is 5.32 Å². The number of allylic oxidation sites excluding steroid dienone is 13. The summed E-state index contributed by atoms with van der Waals surface area (Å²) in [5.74, 6) is -0.520. The van der Waals surface area contributed by atoms with Gasteiger partial charge in [0.25, 0.3) is 0 Å². The molecule has 0 aliphatic rings. The van der Waals surface area contributed by atoms with E-state index in [-0.39, 0.29) is 31.5 Å². The predicted octanol–water partition coefficient (Wildman–Crippen LogP) is 19.4. The molecule has 0 saturated heterocycles. The molecule has 0 aliphatic carbocycles. The highest BCUT2D eigenvalue weighted by Crippen LogP contribution is 2.43. The van der Waals surface area contributed by atoms with Crippen molar-refractivity contribution in [3.63, 3.8) is 0 Å². The number of rotatable bonds is 56. The summed E-state index contributed by atoms with van der Waals surface area (Å²) in [6.45, 7) is 6.89. The Kier molecular flexibility index (Phi) is 53.5. The van der Waals surface area contributed by atoms with E-state index in [0.29, 0.717) is 17.4 Å². The van der Waals surface area contributed by atoms with Crippen molar-refractivity contribution in [2.24, 2.45) is 0 Å². The molecule has 0 aliphatic heterocycles. The lowest BCUT2D eigenvalue weighted by molar-refractivity contribution is -0.870. The minimum atomic E-state index is -4.45. The molecule has 0 radical (unpaired) electrons. The van der Waals surface area contributed by atoms with E-state index >= 15 is 0 Å². The maximum atomic E-state index is 13.5. The number of ether oxygens (including phenoxy) is 1. The third-order valence-corrected chi connectivity index (χ3v) is 14.6. The first-order valence-electron chi connectivity index (χ1n) is 31.4. The van der Waals surface area contributed by atoms with Gasteiger partial charge in [0.2, 0.25) is 5.91 Å². The average molecular weight is 1080 g/mol. The van der Waals surface area contributed by atoms with Gasteiger partial charge in [0, 0.05) is 12.8 Å². The van der Waals surface area contributed by atoms with E-state index in [2.05, 4.69) is 99.0 Å². The number of esters is 1. The van der Waals surface area contributed by atoms with Gasteiger partial charge < -0.3 is 19.4 Å². The van der Waals surface area contributed by atoms with Crippen LogP contribution in [-0.4, -0.2) is 74.3 Å². The summed E-state index contributed by atoms with van der Waals surface area (Å²) in [7, 11) is 1.48. The number of hydrogen-bond acceptors (Lipinski definition) is 6. The monoisotopic (exact) mass is 1080 g/mol. The Labute approximate surface area is 469 Å². The molecule has 0 heterocycles. The minimum absolute atomic E-state index is 0.0357. The van der Waals surface area contributed by atoms with Crippen LogP contribution >= 0.6 is 7.82 Å². The van der Waals surface area contributed by atoms with Crippen LogP contribution < -0.4 is 5.32 Å². The lowest BCUT2D eigenvalue weighted by Crippen LogP contribution is -2.47. The zero-order valence-electron chi connectivity index (χ0n) is 50.2. The molecular formula is C66H120N2O7P+. The molecule has 2 N–H and O–H groups in total. The fourth-order valence-corrected chi connectivity index (χ4v) is 9.50. The summed E-state index contributed by atoms with van der Waals surface area (Å²) in [5.41, 5.74) is 0. The van der Waals surface area contributed by atoms with Crippen LogP contribution in [0.2, 0.25) is 0 Å². The molecule has 0 aromatic rings.